The van der Waals surface area contributed by atoms with Crippen LogP contribution in [0, 0.1) is 5.82 Å². The molecule has 0 aliphatic carbocycles. The van der Waals surface area contributed by atoms with Crippen molar-refractivity contribution in [2.45, 2.75) is 0 Å². The van der Waals surface area contributed by atoms with E-state index in [1.807, 2.05) is 0 Å². The molecule has 0 fully saturated rings. The Morgan fingerprint density at radius 1 is 1.38 bits per heavy atom. The van der Waals surface area contributed by atoms with Crippen LogP contribution in [0.3, 0.4) is 0 Å². The van der Waals surface area contributed by atoms with E-state index in [1.54, 1.807) is 6.07 Å². The maximum absolute atomic E-state index is 13.2. The number of aromatic nitrogens is 4. The Morgan fingerprint density at radius 3 is 2.85 bits per heavy atom. The second kappa shape index (κ2) is 3.10. The molecule has 1 heterocycles. The SMILES string of the molecule is Fc1cccc(Cl)c1-c1nnn[nH]1. The summed E-state index contributed by atoms with van der Waals surface area (Å²) in [4.78, 5) is 0. The lowest BCUT2D eigenvalue weighted by atomic mass is 10.2. The zero-order valence-corrected chi connectivity index (χ0v) is 7.09. The van der Waals surface area contributed by atoms with Crippen molar-refractivity contribution >= 4 is 11.6 Å². The lowest BCUT2D eigenvalue weighted by Crippen LogP contribution is -1.87. The number of rotatable bonds is 1. The third-order valence-electron chi connectivity index (χ3n) is 1.54. The average Bonchev–Trinajstić information content (AvgIpc) is 2.57. The van der Waals surface area contributed by atoms with Crippen molar-refractivity contribution in [3.8, 4) is 11.4 Å². The van der Waals surface area contributed by atoms with Gasteiger partial charge in [0.15, 0.2) is 5.82 Å². The summed E-state index contributed by atoms with van der Waals surface area (Å²) in [6, 6.07) is 4.39. The number of tetrazole rings is 1. The molecular formula is C7H4ClFN4. The monoisotopic (exact) mass is 198 g/mol. The molecule has 2 aromatic rings. The van der Waals surface area contributed by atoms with E-state index < -0.39 is 5.82 Å². The van der Waals surface area contributed by atoms with Gasteiger partial charge in [-0.3, -0.25) is 0 Å². The predicted octanol–water partition coefficient (Wildman–Crippen LogP) is 1.66. The highest BCUT2D eigenvalue weighted by molar-refractivity contribution is 6.33. The Bertz CT molecular complexity index is 394. The van der Waals surface area contributed by atoms with Crippen molar-refractivity contribution < 1.29 is 4.39 Å². The fraction of sp³-hybridized carbons (Fsp3) is 0. The van der Waals surface area contributed by atoms with E-state index >= 15 is 0 Å². The second-order valence-corrected chi connectivity index (χ2v) is 2.75. The molecule has 1 aromatic carbocycles. The van der Waals surface area contributed by atoms with Gasteiger partial charge in [0.25, 0.3) is 0 Å². The summed E-state index contributed by atoms with van der Waals surface area (Å²) < 4.78 is 13.2. The quantitative estimate of drug-likeness (QED) is 0.758. The molecule has 0 unspecified atom stereocenters. The number of hydrogen-bond donors (Lipinski definition) is 1. The van der Waals surface area contributed by atoms with E-state index in [0.29, 0.717) is 0 Å². The van der Waals surface area contributed by atoms with Crippen molar-refractivity contribution in [3.05, 3.63) is 29.0 Å². The molecule has 0 bridgehead atoms. The molecule has 0 saturated heterocycles. The summed E-state index contributed by atoms with van der Waals surface area (Å²) >= 11 is 5.77. The van der Waals surface area contributed by atoms with Crippen molar-refractivity contribution in [1.29, 1.82) is 0 Å². The third-order valence-corrected chi connectivity index (χ3v) is 1.86. The number of nitrogens with one attached hydrogen (secondary N) is 1. The van der Waals surface area contributed by atoms with Gasteiger partial charge < -0.3 is 0 Å². The topological polar surface area (TPSA) is 54.5 Å². The molecule has 0 radical (unpaired) electrons. The summed E-state index contributed by atoms with van der Waals surface area (Å²) in [7, 11) is 0. The van der Waals surface area contributed by atoms with E-state index in [-0.39, 0.29) is 16.4 Å². The van der Waals surface area contributed by atoms with Gasteiger partial charge in [-0.15, -0.1) is 5.10 Å². The second-order valence-electron chi connectivity index (χ2n) is 2.35. The van der Waals surface area contributed by atoms with Crippen LogP contribution in [0.15, 0.2) is 18.2 Å². The predicted molar refractivity (Wildman–Crippen MR) is 44.6 cm³/mol. The highest BCUT2D eigenvalue weighted by Gasteiger charge is 2.11. The average molecular weight is 199 g/mol. The normalized spacial score (nSPS) is 10.3. The van der Waals surface area contributed by atoms with E-state index in [9.17, 15) is 4.39 Å². The van der Waals surface area contributed by atoms with Crippen LogP contribution >= 0.6 is 11.6 Å². The van der Waals surface area contributed by atoms with Crippen LogP contribution in [0.1, 0.15) is 0 Å². The molecule has 0 amide bonds. The first kappa shape index (κ1) is 8.12. The number of nitrogens with zero attached hydrogens (tertiary/aromatic N) is 3. The maximum atomic E-state index is 13.2. The third kappa shape index (κ3) is 1.38. The molecule has 0 spiro atoms. The lowest BCUT2D eigenvalue weighted by Gasteiger charge is -1.99. The molecule has 0 saturated carbocycles. The Kier molecular flexibility index (Phi) is 1.94. The van der Waals surface area contributed by atoms with Gasteiger partial charge in [-0.25, -0.2) is 9.49 Å². The van der Waals surface area contributed by atoms with Crippen LogP contribution in [0.4, 0.5) is 4.39 Å². The van der Waals surface area contributed by atoms with Crippen molar-refractivity contribution in [2.75, 3.05) is 0 Å². The zero-order chi connectivity index (χ0) is 9.26. The lowest BCUT2D eigenvalue weighted by molar-refractivity contribution is 0.630. The van der Waals surface area contributed by atoms with Gasteiger partial charge in [-0.05, 0) is 22.6 Å². The molecule has 1 aromatic heterocycles. The molecule has 66 valence electrons. The van der Waals surface area contributed by atoms with Gasteiger partial charge in [0, 0.05) is 0 Å². The molecule has 1 N–H and O–H groups in total. The molecule has 6 heteroatoms. The molecule has 0 aliphatic heterocycles. The van der Waals surface area contributed by atoms with Gasteiger partial charge >= 0.3 is 0 Å². The Morgan fingerprint density at radius 2 is 2.23 bits per heavy atom. The van der Waals surface area contributed by atoms with Crippen LogP contribution in [0.5, 0.6) is 0 Å². The van der Waals surface area contributed by atoms with Crippen LogP contribution < -0.4 is 0 Å². The number of aromatic amines is 1. The van der Waals surface area contributed by atoms with Crippen molar-refractivity contribution in [2.24, 2.45) is 0 Å². The number of hydrogen-bond acceptors (Lipinski definition) is 3. The van der Waals surface area contributed by atoms with Gasteiger partial charge in [0.2, 0.25) is 0 Å². The summed E-state index contributed by atoms with van der Waals surface area (Å²) in [5.41, 5.74) is 0.189. The Balaban J connectivity index is 2.64. The summed E-state index contributed by atoms with van der Waals surface area (Å²) in [5, 5.41) is 13.0. The Hall–Kier alpha value is -1.49. The van der Waals surface area contributed by atoms with Crippen molar-refractivity contribution in [1.82, 2.24) is 20.6 Å². The van der Waals surface area contributed by atoms with Crippen molar-refractivity contribution in [3.63, 3.8) is 0 Å². The first-order chi connectivity index (χ1) is 6.29. The standard InChI is InChI=1S/C7H4ClFN4/c8-4-2-1-3-5(9)6(4)7-10-12-13-11-7/h1-3H,(H,10,11,12,13). The molecule has 0 aliphatic rings. The fourth-order valence-corrected chi connectivity index (χ4v) is 1.24. The summed E-state index contributed by atoms with van der Waals surface area (Å²) in [5.74, 6) is -0.228. The zero-order valence-electron chi connectivity index (χ0n) is 6.33. The number of halogens is 2. The molecule has 0 atom stereocenters. The van der Waals surface area contributed by atoms with E-state index in [4.69, 9.17) is 11.6 Å². The minimum Gasteiger partial charge on any atom is -0.239 e. The van der Waals surface area contributed by atoms with Gasteiger partial charge in [-0.1, -0.05) is 17.7 Å². The van der Waals surface area contributed by atoms with E-state index in [0.717, 1.165) is 0 Å². The number of H-pyrrole nitrogens is 1. The fourth-order valence-electron chi connectivity index (χ4n) is 0.989. The number of benzene rings is 1. The highest BCUT2D eigenvalue weighted by atomic mass is 35.5. The van der Waals surface area contributed by atoms with Gasteiger partial charge in [0.05, 0.1) is 10.6 Å². The van der Waals surface area contributed by atoms with Gasteiger partial charge in [0.1, 0.15) is 5.82 Å². The maximum Gasteiger partial charge on any atom is 0.183 e. The van der Waals surface area contributed by atoms with Gasteiger partial charge in [-0.2, -0.15) is 0 Å². The minimum absolute atomic E-state index is 0.189. The van der Waals surface area contributed by atoms with Crippen LogP contribution in [0.25, 0.3) is 11.4 Å². The molecular weight excluding hydrogens is 195 g/mol. The van der Waals surface area contributed by atoms with Crippen LogP contribution in [0.2, 0.25) is 5.02 Å². The van der Waals surface area contributed by atoms with E-state index in [1.165, 1.54) is 12.1 Å². The largest absolute Gasteiger partial charge is 0.239 e. The molecule has 13 heavy (non-hydrogen) atoms. The summed E-state index contributed by atoms with van der Waals surface area (Å²) in [6.45, 7) is 0. The minimum atomic E-state index is -0.453. The molecule has 2 rings (SSSR count). The van der Waals surface area contributed by atoms with Crippen LogP contribution in [-0.2, 0) is 0 Å². The Labute approximate surface area is 77.7 Å². The smallest absolute Gasteiger partial charge is 0.183 e. The molecule has 4 nitrogen and oxygen atoms in total. The van der Waals surface area contributed by atoms with E-state index in [2.05, 4.69) is 20.6 Å². The highest BCUT2D eigenvalue weighted by Crippen LogP contribution is 2.26. The van der Waals surface area contributed by atoms with Crippen LogP contribution in [-0.4, -0.2) is 20.6 Å². The first-order valence-corrected chi connectivity index (χ1v) is 3.85. The first-order valence-electron chi connectivity index (χ1n) is 3.47. The summed E-state index contributed by atoms with van der Waals surface area (Å²) in [6.07, 6.45) is 0.